The number of para-hydroxylation sites is 1. The van der Waals surface area contributed by atoms with E-state index in [1.165, 1.54) is 5.56 Å². The zero-order valence-corrected chi connectivity index (χ0v) is 17.0. The van der Waals surface area contributed by atoms with E-state index in [0.717, 1.165) is 37.1 Å². The van der Waals surface area contributed by atoms with E-state index in [1.807, 2.05) is 35.2 Å². The summed E-state index contributed by atoms with van der Waals surface area (Å²) in [5.41, 5.74) is 9.84. The molecule has 4 unspecified atom stereocenters. The maximum Gasteiger partial charge on any atom is 0.258 e. The molecule has 5 rings (SSSR count). The van der Waals surface area contributed by atoms with Crippen LogP contribution < -0.4 is 16.0 Å². The average molecular weight is 412 g/mol. The number of nitrogens with two attached hydrogens (primary N) is 1. The first kappa shape index (κ1) is 19.9. The Morgan fingerprint density at radius 3 is 2.45 bits per heavy atom. The number of hydrogen-bond donors (Lipinski definition) is 2. The maximum atomic E-state index is 12.9. The molecule has 2 aromatic rings. The van der Waals surface area contributed by atoms with Gasteiger partial charge in [0, 0.05) is 29.5 Å². The van der Waals surface area contributed by atoms with E-state index in [-0.39, 0.29) is 36.2 Å². The summed E-state index contributed by atoms with van der Waals surface area (Å²) in [6.45, 7) is 0.707. The number of carbonyl (C=O) groups is 2. The molecule has 3 N–H and O–H groups in total. The second kappa shape index (κ2) is 7.81. The molecule has 2 aliphatic carbocycles. The zero-order chi connectivity index (χ0) is 19.3. The molecule has 3 aliphatic rings. The van der Waals surface area contributed by atoms with Crippen LogP contribution in [0.3, 0.4) is 0 Å². The van der Waals surface area contributed by atoms with Crippen molar-refractivity contribution in [3.05, 3.63) is 59.7 Å². The summed E-state index contributed by atoms with van der Waals surface area (Å²) in [6.07, 6.45) is 4.25. The fourth-order valence-corrected chi connectivity index (χ4v) is 5.35. The first-order valence-corrected chi connectivity index (χ1v) is 10.2. The Balaban J connectivity index is 0.00000205. The van der Waals surface area contributed by atoms with Gasteiger partial charge >= 0.3 is 0 Å². The molecule has 2 saturated carbocycles. The number of nitrogens with zero attached hydrogens (tertiary/aromatic N) is 1. The van der Waals surface area contributed by atoms with Gasteiger partial charge in [-0.2, -0.15) is 0 Å². The Bertz CT molecular complexity index is 928. The molecule has 0 radical (unpaired) electrons. The maximum absolute atomic E-state index is 12.9. The van der Waals surface area contributed by atoms with Gasteiger partial charge in [-0.1, -0.05) is 18.2 Å². The van der Waals surface area contributed by atoms with E-state index >= 15 is 0 Å². The van der Waals surface area contributed by atoms with Gasteiger partial charge in [0.2, 0.25) is 5.91 Å². The van der Waals surface area contributed by atoms with Crippen LogP contribution in [0.2, 0.25) is 0 Å². The number of carbonyl (C=O) groups excluding carboxylic acids is 2. The van der Waals surface area contributed by atoms with E-state index in [0.29, 0.717) is 23.9 Å². The molecular weight excluding hydrogens is 386 g/mol. The highest BCUT2D eigenvalue weighted by molar-refractivity contribution is 6.07. The fourth-order valence-electron chi connectivity index (χ4n) is 5.35. The molecular formula is C23H26ClN3O2. The molecule has 29 heavy (non-hydrogen) atoms. The Labute approximate surface area is 177 Å². The fraction of sp³-hybridized carbons (Fsp3) is 0.391. The van der Waals surface area contributed by atoms with Gasteiger partial charge in [0.05, 0.1) is 5.92 Å². The molecule has 0 aromatic heterocycles. The van der Waals surface area contributed by atoms with Crippen LogP contribution in [-0.4, -0.2) is 24.4 Å². The topological polar surface area (TPSA) is 75.4 Å². The number of rotatable bonds is 3. The lowest BCUT2D eigenvalue weighted by Crippen LogP contribution is -2.42. The largest absolute Gasteiger partial charge is 0.327 e. The molecule has 0 saturated heterocycles. The summed E-state index contributed by atoms with van der Waals surface area (Å²) >= 11 is 0. The summed E-state index contributed by atoms with van der Waals surface area (Å²) < 4.78 is 0. The van der Waals surface area contributed by atoms with Gasteiger partial charge in [-0.15, -0.1) is 12.4 Å². The summed E-state index contributed by atoms with van der Waals surface area (Å²) in [5, 5.41) is 3.01. The van der Waals surface area contributed by atoms with Gasteiger partial charge < -0.3 is 16.0 Å². The molecule has 2 aromatic carbocycles. The van der Waals surface area contributed by atoms with Gasteiger partial charge in [-0.25, -0.2) is 0 Å². The highest BCUT2D eigenvalue weighted by Crippen LogP contribution is 2.47. The normalized spacial score (nSPS) is 26.7. The molecule has 1 aliphatic heterocycles. The summed E-state index contributed by atoms with van der Waals surface area (Å²) in [6, 6.07) is 15.2. The SMILES string of the molecule is Cl.NC1C2CCC(C2)C1C(=O)Nc1ccc(C(=O)N2CCc3ccccc32)cc1. The predicted octanol–water partition coefficient (Wildman–Crippen LogP) is 3.62. The van der Waals surface area contributed by atoms with Crippen LogP contribution in [0.5, 0.6) is 0 Å². The number of anilines is 2. The van der Waals surface area contributed by atoms with Crippen molar-refractivity contribution in [2.75, 3.05) is 16.8 Å². The molecule has 2 fully saturated rings. The molecule has 152 valence electrons. The first-order valence-electron chi connectivity index (χ1n) is 10.2. The number of amides is 2. The number of fused-ring (bicyclic) bond motifs is 3. The van der Waals surface area contributed by atoms with Gasteiger partial charge in [0.1, 0.15) is 0 Å². The van der Waals surface area contributed by atoms with Crippen LogP contribution in [0.4, 0.5) is 11.4 Å². The van der Waals surface area contributed by atoms with E-state index in [1.54, 1.807) is 12.1 Å². The minimum absolute atomic E-state index is 0. The predicted molar refractivity (Wildman–Crippen MR) is 116 cm³/mol. The molecule has 0 spiro atoms. The van der Waals surface area contributed by atoms with Crippen LogP contribution in [0, 0.1) is 17.8 Å². The van der Waals surface area contributed by atoms with Crippen molar-refractivity contribution in [2.45, 2.75) is 31.7 Å². The van der Waals surface area contributed by atoms with Crippen molar-refractivity contribution >= 4 is 35.6 Å². The van der Waals surface area contributed by atoms with Crippen LogP contribution in [0.1, 0.15) is 35.2 Å². The van der Waals surface area contributed by atoms with Crippen LogP contribution in [0.25, 0.3) is 0 Å². The highest BCUT2D eigenvalue weighted by atomic mass is 35.5. The molecule has 2 bridgehead atoms. The number of halogens is 1. The molecule has 1 heterocycles. The Kier molecular flexibility index (Phi) is 5.36. The third-order valence-electron chi connectivity index (χ3n) is 6.82. The molecule has 6 heteroatoms. The Hall–Kier alpha value is -2.37. The zero-order valence-electron chi connectivity index (χ0n) is 16.2. The van der Waals surface area contributed by atoms with Crippen molar-refractivity contribution in [1.29, 1.82) is 0 Å². The lowest BCUT2D eigenvalue weighted by atomic mass is 9.84. The van der Waals surface area contributed by atoms with Gasteiger partial charge in [-0.05, 0) is 73.4 Å². The third-order valence-corrected chi connectivity index (χ3v) is 6.82. The lowest BCUT2D eigenvalue weighted by Gasteiger charge is -2.27. The van der Waals surface area contributed by atoms with Crippen molar-refractivity contribution < 1.29 is 9.59 Å². The molecule has 2 amide bonds. The monoisotopic (exact) mass is 411 g/mol. The molecule has 5 nitrogen and oxygen atoms in total. The summed E-state index contributed by atoms with van der Waals surface area (Å²) in [4.78, 5) is 27.4. The summed E-state index contributed by atoms with van der Waals surface area (Å²) in [7, 11) is 0. The smallest absolute Gasteiger partial charge is 0.258 e. The number of nitrogens with one attached hydrogen (secondary N) is 1. The van der Waals surface area contributed by atoms with Crippen molar-refractivity contribution in [3.8, 4) is 0 Å². The standard InChI is InChI=1S/C23H25N3O2.ClH/c24-21-17-6-5-16(13-17)20(21)22(27)25-18-9-7-15(8-10-18)23(28)26-12-11-14-3-1-2-4-19(14)26;/h1-4,7-10,16-17,20-21H,5-6,11-13,24H2,(H,25,27);1H. The summed E-state index contributed by atoms with van der Waals surface area (Å²) in [5.74, 6) is 0.867. The second-order valence-electron chi connectivity index (χ2n) is 8.34. The highest BCUT2D eigenvalue weighted by Gasteiger charge is 2.49. The number of hydrogen-bond acceptors (Lipinski definition) is 3. The van der Waals surface area contributed by atoms with Crippen LogP contribution in [-0.2, 0) is 11.2 Å². The van der Waals surface area contributed by atoms with E-state index in [9.17, 15) is 9.59 Å². The Morgan fingerprint density at radius 1 is 1.00 bits per heavy atom. The van der Waals surface area contributed by atoms with E-state index < -0.39 is 0 Å². The quantitative estimate of drug-likeness (QED) is 0.809. The second-order valence-corrected chi connectivity index (χ2v) is 8.34. The minimum atomic E-state index is -0.0823. The third kappa shape index (κ3) is 3.43. The molecule has 4 atom stereocenters. The van der Waals surface area contributed by atoms with Crippen molar-refractivity contribution in [2.24, 2.45) is 23.5 Å². The minimum Gasteiger partial charge on any atom is -0.327 e. The average Bonchev–Trinajstić information content (AvgIpc) is 3.42. The van der Waals surface area contributed by atoms with Crippen LogP contribution in [0.15, 0.2) is 48.5 Å². The first-order chi connectivity index (χ1) is 13.6. The van der Waals surface area contributed by atoms with E-state index in [4.69, 9.17) is 5.73 Å². The van der Waals surface area contributed by atoms with Crippen LogP contribution >= 0.6 is 12.4 Å². The Morgan fingerprint density at radius 2 is 1.72 bits per heavy atom. The van der Waals surface area contributed by atoms with E-state index in [2.05, 4.69) is 11.4 Å². The van der Waals surface area contributed by atoms with Crippen molar-refractivity contribution in [1.82, 2.24) is 0 Å². The lowest BCUT2D eigenvalue weighted by molar-refractivity contribution is -0.121. The number of benzene rings is 2. The van der Waals surface area contributed by atoms with Gasteiger partial charge in [0.25, 0.3) is 5.91 Å². The van der Waals surface area contributed by atoms with Gasteiger partial charge in [0.15, 0.2) is 0 Å². The van der Waals surface area contributed by atoms with Gasteiger partial charge in [-0.3, -0.25) is 9.59 Å². The van der Waals surface area contributed by atoms with Crippen molar-refractivity contribution in [3.63, 3.8) is 0 Å².